The van der Waals surface area contributed by atoms with E-state index in [1.54, 1.807) is 41.2 Å². The summed E-state index contributed by atoms with van der Waals surface area (Å²) < 4.78 is 6.94. The fraction of sp³-hybridized carbons (Fsp3) is 0.167. The Kier molecular flexibility index (Phi) is 4.56. The molecule has 1 amide bonds. The number of benzene rings is 1. The van der Waals surface area contributed by atoms with E-state index in [4.69, 9.17) is 4.74 Å². The molecule has 0 unspecified atom stereocenters. The van der Waals surface area contributed by atoms with Gasteiger partial charge in [-0.2, -0.15) is 5.10 Å². The number of hydrogen-bond acceptors (Lipinski definition) is 4. The molecular formula is C18H18N4O2. The summed E-state index contributed by atoms with van der Waals surface area (Å²) in [5.74, 6) is 0.182. The van der Waals surface area contributed by atoms with E-state index in [2.05, 4.69) is 10.1 Å². The number of pyridine rings is 1. The van der Waals surface area contributed by atoms with Crippen molar-refractivity contribution in [2.45, 2.75) is 6.54 Å². The maximum Gasteiger partial charge on any atom is 0.259 e. The zero-order valence-corrected chi connectivity index (χ0v) is 13.6. The monoisotopic (exact) mass is 322 g/mol. The SMILES string of the molecule is COc1ncccc1C(=O)N(C)Cc1cnn(-c2ccccc2)c1. The van der Waals surface area contributed by atoms with Gasteiger partial charge in [0, 0.05) is 31.5 Å². The number of ether oxygens (including phenoxy) is 1. The van der Waals surface area contributed by atoms with Crippen LogP contribution in [0.5, 0.6) is 5.88 Å². The van der Waals surface area contributed by atoms with Crippen LogP contribution in [0.4, 0.5) is 0 Å². The molecule has 0 saturated carbocycles. The maximum atomic E-state index is 12.6. The normalized spacial score (nSPS) is 10.4. The van der Waals surface area contributed by atoms with Gasteiger partial charge in [0.2, 0.25) is 5.88 Å². The topological polar surface area (TPSA) is 60.2 Å². The molecule has 0 N–H and O–H groups in total. The van der Waals surface area contributed by atoms with Crippen LogP contribution in [0, 0.1) is 0 Å². The number of aromatic nitrogens is 3. The van der Waals surface area contributed by atoms with Gasteiger partial charge in [-0.25, -0.2) is 9.67 Å². The number of nitrogens with zero attached hydrogens (tertiary/aromatic N) is 4. The summed E-state index contributed by atoms with van der Waals surface area (Å²) in [6.07, 6.45) is 5.27. The van der Waals surface area contributed by atoms with Crippen LogP contribution in [0.15, 0.2) is 61.1 Å². The third-order valence-electron chi connectivity index (χ3n) is 3.62. The summed E-state index contributed by atoms with van der Waals surface area (Å²) in [5.41, 5.74) is 2.36. The molecule has 2 aromatic heterocycles. The molecule has 0 aliphatic heterocycles. The lowest BCUT2D eigenvalue weighted by Gasteiger charge is -2.17. The number of methoxy groups -OCH3 is 1. The lowest BCUT2D eigenvalue weighted by molar-refractivity contribution is 0.0781. The zero-order chi connectivity index (χ0) is 16.9. The van der Waals surface area contributed by atoms with E-state index in [1.165, 1.54) is 7.11 Å². The van der Waals surface area contributed by atoms with Gasteiger partial charge >= 0.3 is 0 Å². The molecule has 1 aromatic carbocycles. The summed E-state index contributed by atoms with van der Waals surface area (Å²) in [6, 6.07) is 13.3. The Balaban J connectivity index is 1.74. The summed E-state index contributed by atoms with van der Waals surface area (Å²) in [6.45, 7) is 0.448. The maximum absolute atomic E-state index is 12.6. The van der Waals surface area contributed by atoms with E-state index in [0.29, 0.717) is 18.0 Å². The Morgan fingerprint density at radius 3 is 2.75 bits per heavy atom. The first-order valence-corrected chi connectivity index (χ1v) is 7.52. The minimum Gasteiger partial charge on any atom is -0.480 e. The molecule has 6 nitrogen and oxygen atoms in total. The molecule has 3 rings (SSSR count). The van der Waals surface area contributed by atoms with Crippen LogP contribution in [0.25, 0.3) is 5.69 Å². The van der Waals surface area contributed by atoms with Gasteiger partial charge in [0.15, 0.2) is 0 Å². The average molecular weight is 322 g/mol. The smallest absolute Gasteiger partial charge is 0.259 e. The highest BCUT2D eigenvalue weighted by atomic mass is 16.5. The van der Waals surface area contributed by atoms with Gasteiger partial charge in [-0.3, -0.25) is 4.79 Å². The van der Waals surface area contributed by atoms with Gasteiger partial charge in [-0.05, 0) is 24.3 Å². The minimum absolute atomic E-state index is 0.146. The molecular weight excluding hydrogens is 304 g/mol. The average Bonchev–Trinajstić information content (AvgIpc) is 3.10. The second kappa shape index (κ2) is 6.95. The molecule has 24 heavy (non-hydrogen) atoms. The second-order valence-electron chi connectivity index (χ2n) is 5.35. The van der Waals surface area contributed by atoms with Crippen molar-refractivity contribution in [3.63, 3.8) is 0 Å². The van der Waals surface area contributed by atoms with E-state index in [1.807, 2.05) is 36.5 Å². The van der Waals surface area contributed by atoms with Crippen LogP contribution in [0.1, 0.15) is 15.9 Å². The molecule has 0 aliphatic carbocycles. The van der Waals surface area contributed by atoms with Crippen molar-refractivity contribution in [3.05, 3.63) is 72.2 Å². The molecule has 0 radical (unpaired) electrons. The zero-order valence-electron chi connectivity index (χ0n) is 13.6. The summed E-state index contributed by atoms with van der Waals surface area (Å²) in [7, 11) is 3.25. The highest BCUT2D eigenvalue weighted by molar-refractivity contribution is 5.96. The van der Waals surface area contributed by atoms with Gasteiger partial charge in [0.05, 0.1) is 19.0 Å². The highest BCUT2D eigenvalue weighted by Gasteiger charge is 2.17. The standard InChI is InChI=1S/C18H18N4O2/c1-21(18(23)16-9-6-10-19-17(16)24-2)12-14-11-20-22(13-14)15-7-4-3-5-8-15/h3-11,13H,12H2,1-2H3. The molecule has 122 valence electrons. The van der Waals surface area contributed by atoms with Crippen LogP contribution in [0.2, 0.25) is 0 Å². The van der Waals surface area contributed by atoms with Crippen LogP contribution < -0.4 is 4.74 Å². The quantitative estimate of drug-likeness (QED) is 0.724. The van der Waals surface area contributed by atoms with Crippen molar-refractivity contribution in [3.8, 4) is 11.6 Å². The van der Waals surface area contributed by atoms with Crippen molar-refractivity contribution < 1.29 is 9.53 Å². The van der Waals surface area contributed by atoms with Gasteiger partial charge in [0.25, 0.3) is 5.91 Å². The molecule has 0 saturated heterocycles. The summed E-state index contributed by atoms with van der Waals surface area (Å²) in [5, 5.41) is 4.35. The van der Waals surface area contributed by atoms with E-state index in [-0.39, 0.29) is 5.91 Å². The third kappa shape index (κ3) is 3.27. The molecule has 0 bridgehead atoms. The predicted molar refractivity (Wildman–Crippen MR) is 90.2 cm³/mol. The van der Waals surface area contributed by atoms with Crippen molar-refractivity contribution >= 4 is 5.91 Å². The number of para-hydroxylation sites is 1. The Morgan fingerprint density at radius 1 is 1.21 bits per heavy atom. The number of carbonyl (C=O) groups excluding carboxylic acids is 1. The van der Waals surface area contributed by atoms with E-state index < -0.39 is 0 Å². The van der Waals surface area contributed by atoms with E-state index >= 15 is 0 Å². The largest absolute Gasteiger partial charge is 0.480 e. The molecule has 2 heterocycles. The first-order valence-electron chi connectivity index (χ1n) is 7.52. The Morgan fingerprint density at radius 2 is 2.00 bits per heavy atom. The first kappa shape index (κ1) is 15.7. The fourth-order valence-electron chi connectivity index (χ4n) is 2.43. The fourth-order valence-corrected chi connectivity index (χ4v) is 2.43. The molecule has 0 fully saturated rings. The Labute approximate surface area is 140 Å². The third-order valence-corrected chi connectivity index (χ3v) is 3.62. The van der Waals surface area contributed by atoms with E-state index in [0.717, 1.165) is 11.3 Å². The second-order valence-corrected chi connectivity index (χ2v) is 5.35. The van der Waals surface area contributed by atoms with E-state index in [9.17, 15) is 4.79 Å². The molecule has 0 atom stereocenters. The van der Waals surface area contributed by atoms with Crippen LogP contribution in [-0.4, -0.2) is 39.7 Å². The predicted octanol–water partition coefficient (Wildman–Crippen LogP) is 2.55. The minimum atomic E-state index is -0.146. The summed E-state index contributed by atoms with van der Waals surface area (Å²) >= 11 is 0. The number of amides is 1. The first-order chi connectivity index (χ1) is 11.7. The number of carbonyl (C=O) groups is 1. The lowest BCUT2D eigenvalue weighted by atomic mass is 10.2. The Bertz CT molecular complexity index is 830. The van der Waals surface area contributed by atoms with Crippen LogP contribution >= 0.6 is 0 Å². The van der Waals surface area contributed by atoms with Gasteiger partial charge in [-0.15, -0.1) is 0 Å². The Hall–Kier alpha value is -3.15. The van der Waals surface area contributed by atoms with Crippen molar-refractivity contribution in [1.29, 1.82) is 0 Å². The molecule has 0 spiro atoms. The van der Waals surface area contributed by atoms with Gasteiger partial charge in [0.1, 0.15) is 5.56 Å². The lowest BCUT2D eigenvalue weighted by Crippen LogP contribution is -2.26. The number of rotatable bonds is 5. The number of hydrogen-bond donors (Lipinski definition) is 0. The van der Waals surface area contributed by atoms with Crippen molar-refractivity contribution in [2.75, 3.05) is 14.2 Å². The van der Waals surface area contributed by atoms with Gasteiger partial charge < -0.3 is 9.64 Å². The van der Waals surface area contributed by atoms with Gasteiger partial charge in [-0.1, -0.05) is 18.2 Å². The summed E-state index contributed by atoms with van der Waals surface area (Å²) in [4.78, 5) is 18.3. The molecule has 3 aromatic rings. The highest BCUT2D eigenvalue weighted by Crippen LogP contribution is 2.17. The van der Waals surface area contributed by atoms with Crippen LogP contribution in [-0.2, 0) is 6.54 Å². The van der Waals surface area contributed by atoms with Crippen molar-refractivity contribution in [1.82, 2.24) is 19.7 Å². The van der Waals surface area contributed by atoms with Crippen molar-refractivity contribution in [2.24, 2.45) is 0 Å². The molecule has 6 heteroatoms. The van der Waals surface area contributed by atoms with Crippen LogP contribution in [0.3, 0.4) is 0 Å². The molecule has 0 aliphatic rings.